The van der Waals surface area contributed by atoms with E-state index in [2.05, 4.69) is 12.2 Å². The molecule has 7 nitrogen and oxygen atoms in total. The molecule has 0 aliphatic carbocycles. The lowest BCUT2D eigenvalue weighted by Crippen LogP contribution is -2.44. The molecule has 0 aromatic heterocycles. The molecule has 0 spiro atoms. The minimum Gasteiger partial charge on any atom is -0.490 e. The molecule has 0 aliphatic heterocycles. The molecule has 0 fully saturated rings. The van der Waals surface area contributed by atoms with Crippen LogP contribution < -0.4 is 14.8 Å². The number of benzene rings is 1. The first kappa shape index (κ1) is 22.6. The highest BCUT2D eigenvalue weighted by Gasteiger charge is 2.24. The molecule has 0 saturated heterocycles. The zero-order valence-corrected chi connectivity index (χ0v) is 16.8. The van der Waals surface area contributed by atoms with Crippen LogP contribution in [0.4, 0.5) is 4.79 Å². The second kappa shape index (κ2) is 10.6. The van der Waals surface area contributed by atoms with Gasteiger partial charge in [-0.3, -0.25) is 0 Å². The van der Waals surface area contributed by atoms with Gasteiger partial charge in [0.15, 0.2) is 11.5 Å². The molecule has 1 aromatic carbocycles. The van der Waals surface area contributed by atoms with Crippen molar-refractivity contribution in [3.63, 3.8) is 0 Å². The fourth-order valence-corrected chi connectivity index (χ4v) is 2.28. The summed E-state index contributed by atoms with van der Waals surface area (Å²) in [5, 5.41) is 11.8. The van der Waals surface area contributed by atoms with Crippen LogP contribution in [-0.2, 0) is 16.0 Å². The number of alkyl carbamates (subject to hydrolysis) is 1. The van der Waals surface area contributed by atoms with E-state index in [1.807, 2.05) is 6.92 Å². The fourth-order valence-electron chi connectivity index (χ4n) is 2.28. The van der Waals surface area contributed by atoms with E-state index in [1.165, 1.54) is 0 Å². The van der Waals surface area contributed by atoms with E-state index in [0.29, 0.717) is 30.3 Å². The van der Waals surface area contributed by atoms with Crippen molar-refractivity contribution in [2.45, 2.75) is 65.5 Å². The van der Waals surface area contributed by atoms with E-state index in [4.69, 9.17) is 14.2 Å². The van der Waals surface area contributed by atoms with Gasteiger partial charge in [-0.1, -0.05) is 19.4 Å². The Morgan fingerprint density at radius 3 is 2.41 bits per heavy atom. The average Bonchev–Trinajstić information content (AvgIpc) is 2.54. The number of rotatable bonds is 10. The van der Waals surface area contributed by atoms with Gasteiger partial charge in [-0.2, -0.15) is 0 Å². The largest absolute Gasteiger partial charge is 0.490 e. The van der Waals surface area contributed by atoms with Gasteiger partial charge in [-0.15, -0.1) is 0 Å². The molecule has 0 radical (unpaired) electrons. The summed E-state index contributed by atoms with van der Waals surface area (Å²) >= 11 is 0. The monoisotopic (exact) mass is 381 g/mol. The predicted molar refractivity (Wildman–Crippen MR) is 103 cm³/mol. The van der Waals surface area contributed by atoms with Crippen LogP contribution in [0.1, 0.15) is 53.0 Å². The summed E-state index contributed by atoms with van der Waals surface area (Å²) in [5.41, 5.74) is 0.0111. The van der Waals surface area contributed by atoms with Crippen LogP contribution in [0, 0.1) is 0 Å². The molecular formula is C20H31NO6. The van der Waals surface area contributed by atoms with Crippen LogP contribution in [-0.4, -0.2) is 42.0 Å². The van der Waals surface area contributed by atoms with Gasteiger partial charge in [0, 0.05) is 6.42 Å². The van der Waals surface area contributed by atoms with Crippen LogP contribution in [0.5, 0.6) is 11.5 Å². The first-order valence-corrected chi connectivity index (χ1v) is 9.27. The van der Waals surface area contributed by atoms with Crippen LogP contribution >= 0.6 is 0 Å². The number of amides is 1. The van der Waals surface area contributed by atoms with E-state index < -0.39 is 23.7 Å². The molecule has 27 heavy (non-hydrogen) atoms. The van der Waals surface area contributed by atoms with Crippen LogP contribution in [0.25, 0.3) is 0 Å². The number of nitrogens with one attached hydrogen (secondary N) is 1. The Hall–Kier alpha value is -2.44. The Morgan fingerprint density at radius 2 is 1.85 bits per heavy atom. The first-order valence-electron chi connectivity index (χ1n) is 9.27. The number of unbranched alkanes of at least 4 members (excludes halogenated alkanes) is 1. The predicted octanol–water partition coefficient (Wildman–Crippen LogP) is 3.78. The number of carbonyl (C=O) groups excluding carboxylic acids is 1. The Morgan fingerprint density at radius 1 is 1.15 bits per heavy atom. The van der Waals surface area contributed by atoms with Crippen molar-refractivity contribution in [2.75, 3.05) is 13.2 Å². The van der Waals surface area contributed by atoms with Gasteiger partial charge in [0.25, 0.3) is 0 Å². The molecule has 0 bridgehead atoms. The third kappa shape index (κ3) is 8.66. The number of hydrogen-bond acceptors (Lipinski definition) is 5. The third-order valence-electron chi connectivity index (χ3n) is 3.49. The zero-order valence-electron chi connectivity index (χ0n) is 16.8. The van der Waals surface area contributed by atoms with Crippen molar-refractivity contribution in [3.05, 3.63) is 23.8 Å². The lowest BCUT2D eigenvalue weighted by Gasteiger charge is -2.22. The number of ether oxygens (including phenoxy) is 3. The maximum absolute atomic E-state index is 11.9. The van der Waals surface area contributed by atoms with Gasteiger partial charge in [0.05, 0.1) is 13.2 Å². The van der Waals surface area contributed by atoms with E-state index in [9.17, 15) is 14.7 Å². The SMILES string of the molecule is CCCCOc1ccc(CC(NC(=O)OC(C)(C)C)C(=O)O)cc1OCC. The maximum atomic E-state index is 11.9. The van der Waals surface area contributed by atoms with Gasteiger partial charge >= 0.3 is 12.1 Å². The van der Waals surface area contributed by atoms with Crippen LogP contribution in [0.15, 0.2) is 18.2 Å². The molecule has 7 heteroatoms. The smallest absolute Gasteiger partial charge is 0.408 e. The molecule has 0 aliphatic rings. The van der Waals surface area contributed by atoms with Crippen molar-refractivity contribution >= 4 is 12.1 Å². The van der Waals surface area contributed by atoms with Crippen molar-refractivity contribution in [1.82, 2.24) is 5.32 Å². The van der Waals surface area contributed by atoms with E-state index in [0.717, 1.165) is 12.8 Å². The van der Waals surface area contributed by atoms with Crippen LogP contribution in [0.2, 0.25) is 0 Å². The fraction of sp³-hybridized carbons (Fsp3) is 0.600. The summed E-state index contributed by atoms with van der Waals surface area (Å²) in [6.45, 7) is 10.2. The van der Waals surface area contributed by atoms with Crippen molar-refractivity contribution in [3.8, 4) is 11.5 Å². The molecular weight excluding hydrogens is 350 g/mol. The highest BCUT2D eigenvalue weighted by molar-refractivity contribution is 5.80. The minimum absolute atomic E-state index is 0.101. The van der Waals surface area contributed by atoms with Crippen LogP contribution in [0.3, 0.4) is 0 Å². The normalized spacial score (nSPS) is 12.2. The van der Waals surface area contributed by atoms with Gasteiger partial charge in [-0.25, -0.2) is 9.59 Å². The summed E-state index contributed by atoms with van der Waals surface area (Å²) in [7, 11) is 0. The molecule has 1 rings (SSSR count). The van der Waals surface area contributed by atoms with Gasteiger partial charge in [-0.05, 0) is 51.8 Å². The Kier molecular flexibility index (Phi) is 8.91. The third-order valence-corrected chi connectivity index (χ3v) is 3.49. The van der Waals surface area contributed by atoms with Gasteiger partial charge in [0.2, 0.25) is 0 Å². The van der Waals surface area contributed by atoms with Crippen molar-refractivity contribution in [2.24, 2.45) is 0 Å². The molecule has 152 valence electrons. The topological polar surface area (TPSA) is 94.1 Å². The lowest BCUT2D eigenvalue weighted by atomic mass is 10.1. The van der Waals surface area contributed by atoms with Gasteiger partial charge in [0.1, 0.15) is 11.6 Å². The molecule has 0 heterocycles. The highest BCUT2D eigenvalue weighted by atomic mass is 16.6. The summed E-state index contributed by atoms with van der Waals surface area (Å²) < 4.78 is 16.5. The summed E-state index contributed by atoms with van der Waals surface area (Å²) in [6, 6.07) is 4.18. The quantitative estimate of drug-likeness (QED) is 0.599. The van der Waals surface area contributed by atoms with E-state index >= 15 is 0 Å². The molecule has 1 aromatic rings. The molecule has 0 saturated carbocycles. The summed E-state index contributed by atoms with van der Waals surface area (Å²) in [6.07, 6.45) is 1.30. The highest BCUT2D eigenvalue weighted by Crippen LogP contribution is 2.29. The number of aliphatic carboxylic acids is 1. The Labute approximate surface area is 161 Å². The number of hydrogen-bond donors (Lipinski definition) is 2. The van der Waals surface area contributed by atoms with E-state index in [1.54, 1.807) is 39.0 Å². The van der Waals surface area contributed by atoms with Crippen molar-refractivity contribution in [1.29, 1.82) is 0 Å². The lowest BCUT2D eigenvalue weighted by molar-refractivity contribution is -0.139. The molecule has 1 amide bonds. The second-order valence-corrected chi connectivity index (χ2v) is 7.16. The average molecular weight is 381 g/mol. The number of carboxylic acid groups (broad SMARTS) is 1. The van der Waals surface area contributed by atoms with Crippen molar-refractivity contribution < 1.29 is 28.9 Å². The number of carbonyl (C=O) groups is 2. The number of carboxylic acids is 1. The molecule has 1 unspecified atom stereocenters. The standard InChI is InChI=1S/C20H31NO6/c1-6-8-11-26-16-10-9-14(13-17(16)25-7-2)12-15(18(22)23)21-19(24)27-20(3,4)5/h9-10,13,15H,6-8,11-12H2,1-5H3,(H,21,24)(H,22,23). The Balaban J connectivity index is 2.87. The minimum atomic E-state index is -1.14. The maximum Gasteiger partial charge on any atom is 0.408 e. The molecule has 1 atom stereocenters. The second-order valence-electron chi connectivity index (χ2n) is 7.16. The van der Waals surface area contributed by atoms with E-state index in [-0.39, 0.29) is 6.42 Å². The summed E-state index contributed by atoms with van der Waals surface area (Å²) in [4.78, 5) is 23.4. The Bertz CT molecular complexity index is 623. The first-order chi connectivity index (χ1) is 12.7. The zero-order chi connectivity index (χ0) is 20.4. The van der Waals surface area contributed by atoms with Gasteiger partial charge < -0.3 is 24.6 Å². The molecule has 2 N–H and O–H groups in total. The summed E-state index contributed by atoms with van der Waals surface area (Å²) in [5.74, 6) is 0.0515.